The van der Waals surface area contributed by atoms with Gasteiger partial charge in [-0.2, -0.15) is 18.3 Å². The van der Waals surface area contributed by atoms with Gasteiger partial charge in [0.2, 0.25) is 11.8 Å². The Labute approximate surface area is 385 Å². The molecule has 2 aromatic carbocycles. The van der Waals surface area contributed by atoms with E-state index in [2.05, 4.69) is 52.6 Å². The number of halogens is 4. The Morgan fingerprint density at radius 1 is 1.00 bits per heavy atom. The summed E-state index contributed by atoms with van der Waals surface area (Å²) in [7, 11) is 1.74. The number of fused-ring (bicyclic) bond motifs is 3. The number of ether oxygens (including phenoxy) is 1. The Kier molecular flexibility index (Phi) is 13.4. The number of likely N-dealkylation sites (tertiary alicyclic amines) is 1. The zero-order valence-corrected chi connectivity index (χ0v) is 37.2. The monoisotopic (exact) mass is 922 g/mol. The number of nitrogens with zero attached hydrogens (tertiary/aromatic N) is 6. The van der Waals surface area contributed by atoms with Crippen LogP contribution in [0.1, 0.15) is 96.8 Å². The van der Waals surface area contributed by atoms with Crippen LogP contribution in [0.4, 0.5) is 34.9 Å². The van der Waals surface area contributed by atoms with E-state index in [1.807, 2.05) is 0 Å². The number of nitrogens with one attached hydrogen (secondary N) is 3. The Balaban J connectivity index is 0.969. The number of alkyl halides is 3. The summed E-state index contributed by atoms with van der Waals surface area (Å²) >= 11 is 0. The number of hydrogen-bond donors (Lipinski definition) is 4. The first kappa shape index (κ1) is 45.9. The summed E-state index contributed by atoms with van der Waals surface area (Å²) in [4.78, 5) is 50.4. The lowest BCUT2D eigenvalue weighted by Gasteiger charge is -2.38. The van der Waals surface area contributed by atoms with E-state index < -0.39 is 23.6 Å². The van der Waals surface area contributed by atoms with Crippen LogP contribution < -0.4 is 26.6 Å². The minimum atomic E-state index is -4.59. The first-order valence-electron chi connectivity index (χ1n) is 23.0. The van der Waals surface area contributed by atoms with Crippen molar-refractivity contribution in [2.75, 3.05) is 55.8 Å². The maximum Gasteiger partial charge on any atom is 0.416 e. The average molecular weight is 923 g/mol. The quantitative estimate of drug-likeness (QED) is 0.0889. The number of benzene rings is 2. The predicted octanol–water partition coefficient (Wildman–Crippen LogP) is 7.69. The smallest absolute Gasteiger partial charge is 0.383 e. The summed E-state index contributed by atoms with van der Waals surface area (Å²) in [5.74, 6) is -1.82. The van der Waals surface area contributed by atoms with Gasteiger partial charge in [-0.15, -0.1) is 0 Å². The molecule has 2 unspecified atom stereocenters. The Morgan fingerprint density at radius 2 is 1.81 bits per heavy atom. The first-order chi connectivity index (χ1) is 32.3. The molecule has 4 atom stereocenters. The van der Waals surface area contributed by atoms with Crippen molar-refractivity contribution in [2.24, 2.45) is 5.92 Å². The van der Waals surface area contributed by atoms with E-state index in [0.29, 0.717) is 65.7 Å². The predicted molar refractivity (Wildman–Crippen MR) is 246 cm³/mol. The van der Waals surface area contributed by atoms with Gasteiger partial charge in [0.25, 0.3) is 5.91 Å². The number of allylic oxidation sites excluding steroid dienone is 1. The van der Waals surface area contributed by atoms with E-state index >= 15 is 4.39 Å². The topological polar surface area (TPSA) is 173 Å². The second-order valence-electron chi connectivity index (χ2n) is 18.0. The number of amides is 3. The van der Waals surface area contributed by atoms with Crippen molar-refractivity contribution in [2.45, 2.75) is 88.2 Å². The van der Waals surface area contributed by atoms with Crippen LogP contribution in [0.15, 0.2) is 73.1 Å². The van der Waals surface area contributed by atoms with Crippen molar-refractivity contribution in [3.63, 3.8) is 0 Å². The standard InChI is InChI=1S/C49H54F4N10O4/c1-67-48-39-25-35(28-62(39)27-29-17-21-61(22-18-29)38-14-12-32(23-37(38)50)36-13-15-41(64)59-47(36)66)63-44-33(7-5-3-2-4-6-19-56-48)26-57-45(54)42(44)43(60-63)30-8-10-31(11-9-30)46(65)58-40-24-34(16-20-55-40)49(51,52)53/h5,7-12,14,16,20,23-24,26,29,35-36,39,48,56H,2-4,6,13,15,17-19,21-22,25,27-28H2,1H3,(H2,54,57)(H,55,58,65)(H,59,64,66)/b7-5+/t35-,36?,39+,48?/m0/s1. The highest BCUT2D eigenvalue weighted by Gasteiger charge is 2.41. The number of methoxy groups -OCH3 is 1. The summed E-state index contributed by atoms with van der Waals surface area (Å²) in [6.07, 6.45) is 9.18. The number of anilines is 3. The molecule has 3 aromatic heterocycles. The highest BCUT2D eigenvalue weighted by Crippen LogP contribution is 2.40. The summed E-state index contributed by atoms with van der Waals surface area (Å²) in [5, 5.41) is 14.5. The van der Waals surface area contributed by atoms with Crippen molar-refractivity contribution in [1.82, 2.24) is 35.3 Å². The molecule has 3 saturated heterocycles. The second-order valence-corrected chi connectivity index (χ2v) is 18.0. The van der Waals surface area contributed by atoms with Crippen molar-refractivity contribution < 1.29 is 36.7 Å². The van der Waals surface area contributed by atoms with Crippen LogP contribution >= 0.6 is 0 Å². The minimum Gasteiger partial charge on any atom is -0.383 e. The highest BCUT2D eigenvalue weighted by molar-refractivity contribution is 6.06. The minimum absolute atomic E-state index is 0.000385. The van der Waals surface area contributed by atoms with Crippen molar-refractivity contribution in [1.29, 1.82) is 0 Å². The molecule has 3 fully saturated rings. The van der Waals surface area contributed by atoms with Gasteiger partial charge in [-0.3, -0.25) is 34.6 Å². The summed E-state index contributed by atoms with van der Waals surface area (Å²) in [5.41, 5.74) is 10.1. The zero-order chi connectivity index (χ0) is 46.8. The number of hydrogen-bond acceptors (Lipinski definition) is 11. The van der Waals surface area contributed by atoms with Crippen LogP contribution in [0.25, 0.3) is 28.2 Å². The van der Waals surface area contributed by atoms with Gasteiger partial charge in [0.05, 0.1) is 40.2 Å². The number of imide groups is 1. The summed E-state index contributed by atoms with van der Waals surface area (Å²) in [6.45, 7) is 3.63. The number of carbonyl (C=O) groups is 3. The number of aromatic nitrogens is 4. The molecule has 14 nitrogen and oxygen atoms in total. The number of pyridine rings is 2. The molecule has 0 radical (unpaired) electrons. The zero-order valence-electron chi connectivity index (χ0n) is 37.2. The summed E-state index contributed by atoms with van der Waals surface area (Å²) < 4.78 is 63.9. The van der Waals surface area contributed by atoms with Crippen LogP contribution in [0.5, 0.6) is 0 Å². The SMILES string of the molecule is COC1NCCCCC/C=C/c2cnc(N)c3c(-c4ccc(C(=O)Nc5cc(C(F)(F)F)ccn5)cc4)nn(c23)[C@H]2C[C@H]1N(CC1CCN(c3ccc(C4CCC(=O)NC4=O)cc3F)CC1)C2. The third-order valence-electron chi connectivity index (χ3n) is 13.7. The molecule has 3 amide bonds. The molecular formula is C49H54F4N10O4. The molecule has 0 spiro atoms. The largest absolute Gasteiger partial charge is 0.416 e. The number of nitrogen functional groups attached to an aromatic ring is 1. The van der Waals surface area contributed by atoms with Crippen LogP contribution in [-0.4, -0.2) is 94.5 Å². The van der Waals surface area contributed by atoms with Crippen LogP contribution in [0, 0.1) is 11.7 Å². The van der Waals surface area contributed by atoms with E-state index in [-0.39, 0.29) is 53.7 Å². The first-order valence-corrected chi connectivity index (χ1v) is 23.0. The fourth-order valence-corrected chi connectivity index (χ4v) is 10.2. The Morgan fingerprint density at radius 3 is 2.55 bits per heavy atom. The van der Waals surface area contributed by atoms with Gasteiger partial charge in [-0.05, 0) is 99.4 Å². The average Bonchev–Trinajstić information content (AvgIpc) is 3.92. The highest BCUT2D eigenvalue weighted by atomic mass is 19.4. The van der Waals surface area contributed by atoms with Gasteiger partial charge in [0, 0.05) is 68.8 Å². The van der Waals surface area contributed by atoms with E-state index in [1.165, 1.54) is 6.07 Å². The van der Waals surface area contributed by atoms with Crippen molar-refractivity contribution in [3.8, 4) is 11.3 Å². The van der Waals surface area contributed by atoms with E-state index in [9.17, 15) is 27.6 Å². The van der Waals surface area contributed by atoms with Crippen molar-refractivity contribution in [3.05, 3.63) is 101 Å². The number of rotatable bonds is 8. The lowest BCUT2D eigenvalue weighted by Crippen LogP contribution is -2.50. The summed E-state index contributed by atoms with van der Waals surface area (Å²) in [6, 6.07) is 13.2. The number of nitrogens with two attached hydrogens (primary N) is 1. The lowest BCUT2D eigenvalue weighted by atomic mass is 9.90. The second kappa shape index (κ2) is 19.5. The molecule has 18 heteroatoms. The third kappa shape index (κ3) is 9.92. The van der Waals surface area contributed by atoms with Gasteiger partial charge in [0.1, 0.15) is 29.4 Å². The maximum atomic E-state index is 15.7. The Bertz CT molecular complexity index is 2660. The molecule has 5 N–H and O–H groups in total. The van der Waals surface area contributed by atoms with Gasteiger partial charge < -0.3 is 20.7 Å². The lowest BCUT2D eigenvalue weighted by molar-refractivity contribution is -0.138. The van der Waals surface area contributed by atoms with Gasteiger partial charge in [0.15, 0.2) is 0 Å². The molecule has 2 bridgehead atoms. The molecule has 4 aliphatic heterocycles. The third-order valence-corrected chi connectivity index (χ3v) is 13.7. The fourth-order valence-electron chi connectivity index (χ4n) is 10.2. The van der Waals surface area contributed by atoms with E-state index in [4.69, 9.17) is 15.6 Å². The molecule has 0 aliphatic carbocycles. The van der Waals surface area contributed by atoms with Gasteiger partial charge in [-0.1, -0.05) is 36.8 Å². The number of carbonyl (C=O) groups excluding carboxylic acids is 3. The molecule has 352 valence electrons. The maximum absolute atomic E-state index is 15.7. The molecule has 9 rings (SSSR count). The molecule has 67 heavy (non-hydrogen) atoms. The Hall–Kier alpha value is -6.24. The normalized spacial score (nSPS) is 22.9. The van der Waals surface area contributed by atoms with Gasteiger partial charge in [-0.25, -0.2) is 14.4 Å². The fraction of sp³-hybridized carbons (Fsp3) is 0.429. The van der Waals surface area contributed by atoms with E-state index in [0.717, 1.165) is 87.4 Å². The molecule has 4 aliphatic rings. The van der Waals surface area contributed by atoms with Crippen LogP contribution in [-0.2, 0) is 20.5 Å². The van der Waals surface area contributed by atoms with Crippen LogP contribution in [0.2, 0.25) is 0 Å². The number of piperidine rings is 2. The van der Waals surface area contributed by atoms with Crippen LogP contribution in [0.3, 0.4) is 0 Å². The molecular weight excluding hydrogens is 869 g/mol. The molecule has 5 aromatic rings. The van der Waals surface area contributed by atoms with E-state index in [1.54, 1.807) is 49.7 Å². The van der Waals surface area contributed by atoms with Crippen molar-refractivity contribution >= 4 is 52.0 Å². The molecule has 0 saturated carbocycles. The van der Waals surface area contributed by atoms with Gasteiger partial charge >= 0.3 is 6.18 Å². The molecule has 7 heterocycles.